The van der Waals surface area contributed by atoms with E-state index in [4.69, 9.17) is 19.3 Å². The maximum atomic E-state index is 13.7. The molecule has 1 N–H and O–H groups in total. The molecule has 0 heterocycles. The first-order valence-corrected chi connectivity index (χ1v) is 7.99. The number of carboxylic acids is 1. The summed E-state index contributed by atoms with van der Waals surface area (Å²) >= 11 is 0. The molecule has 0 spiro atoms. The van der Waals surface area contributed by atoms with Crippen LogP contribution in [-0.2, 0) is 14.3 Å². The number of carbonyl (C=O) groups is 3. The van der Waals surface area contributed by atoms with Gasteiger partial charge >= 0.3 is 18.1 Å². The summed E-state index contributed by atoms with van der Waals surface area (Å²) in [6, 6.07) is 5.31. The molecule has 0 amide bonds. The Balaban J connectivity index is 2.76. The molecule has 1 aromatic carbocycles. The van der Waals surface area contributed by atoms with E-state index in [0.717, 1.165) is 0 Å². The molecule has 1 aromatic rings. The number of carboxylic acid groups (broad SMARTS) is 1. The van der Waals surface area contributed by atoms with E-state index in [1.54, 1.807) is 34.6 Å². The van der Waals surface area contributed by atoms with Gasteiger partial charge in [-0.2, -0.15) is 0 Å². The highest BCUT2D eigenvalue weighted by atomic mass is 19.1. The molecule has 7 nitrogen and oxygen atoms in total. The van der Waals surface area contributed by atoms with Crippen LogP contribution in [0, 0.1) is 5.92 Å². The SMILES string of the molecule is CC(C)C(OC(=O)c1ccc(OC(=O)OC(C)(C)C)cc1)C(F)C(=O)O. The second-order valence-electron chi connectivity index (χ2n) is 6.94. The number of aliphatic carboxylic acids is 1. The van der Waals surface area contributed by atoms with Crippen LogP contribution in [0.1, 0.15) is 45.0 Å². The normalized spacial score (nSPS) is 13.7. The van der Waals surface area contributed by atoms with Crippen LogP contribution in [0.3, 0.4) is 0 Å². The monoisotopic (exact) mass is 370 g/mol. The first-order chi connectivity index (χ1) is 11.9. The lowest BCUT2D eigenvalue weighted by atomic mass is 10.0. The highest BCUT2D eigenvalue weighted by Gasteiger charge is 2.34. The minimum absolute atomic E-state index is 0.0600. The van der Waals surface area contributed by atoms with Crippen LogP contribution in [-0.4, -0.2) is 41.1 Å². The molecule has 1 rings (SSSR count). The van der Waals surface area contributed by atoms with Crippen LogP contribution in [0.25, 0.3) is 0 Å². The van der Waals surface area contributed by atoms with Gasteiger partial charge in [0.1, 0.15) is 17.5 Å². The van der Waals surface area contributed by atoms with Gasteiger partial charge in [-0.1, -0.05) is 13.8 Å². The predicted molar refractivity (Wildman–Crippen MR) is 89.9 cm³/mol. The van der Waals surface area contributed by atoms with Crippen LogP contribution in [0.15, 0.2) is 24.3 Å². The lowest BCUT2D eigenvalue weighted by Gasteiger charge is -2.22. The van der Waals surface area contributed by atoms with E-state index in [1.165, 1.54) is 24.3 Å². The van der Waals surface area contributed by atoms with Crippen LogP contribution in [0.5, 0.6) is 5.75 Å². The van der Waals surface area contributed by atoms with Gasteiger partial charge in [-0.25, -0.2) is 18.8 Å². The summed E-state index contributed by atoms with van der Waals surface area (Å²) in [5.41, 5.74) is -0.649. The molecular formula is C18H23FO7. The van der Waals surface area contributed by atoms with E-state index in [0.29, 0.717) is 0 Å². The van der Waals surface area contributed by atoms with Gasteiger partial charge in [-0.05, 0) is 51.0 Å². The lowest BCUT2D eigenvalue weighted by molar-refractivity contribution is -0.148. The van der Waals surface area contributed by atoms with Crippen molar-refractivity contribution in [2.75, 3.05) is 0 Å². The van der Waals surface area contributed by atoms with Crippen molar-refractivity contribution in [1.82, 2.24) is 0 Å². The smallest absolute Gasteiger partial charge is 0.479 e. The number of ether oxygens (including phenoxy) is 3. The molecule has 0 saturated carbocycles. The predicted octanol–water partition coefficient (Wildman–Crippen LogP) is 3.60. The van der Waals surface area contributed by atoms with E-state index >= 15 is 0 Å². The van der Waals surface area contributed by atoms with Crippen LogP contribution >= 0.6 is 0 Å². The molecule has 2 atom stereocenters. The summed E-state index contributed by atoms with van der Waals surface area (Å²) in [7, 11) is 0. The third-order valence-corrected chi connectivity index (χ3v) is 3.11. The van der Waals surface area contributed by atoms with E-state index in [-0.39, 0.29) is 11.3 Å². The fraction of sp³-hybridized carbons (Fsp3) is 0.500. The number of hydrogen-bond acceptors (Lipinski definition) is 6. The maximum Gasteiger partial charge on any atom is 0.514 e. The highest BCUT2D eigenvalue weighted by molar-refractivity contribution is 5.90. The fourth-order valence-electron chi connectivity index (χ4n) is 1.89. The Morgan fingerprint density at radius 3 is 2.04 bits per heavy atom. The van der Waals surface area contributed by atoms with Crippen LogP contribution < -0.4 is 4.74 Å². The zero-order valence-electron chi connectivity index (χ0n) is 15.3. The minimum Gasteiger partial charge on any atom is -0.479 e. The molecule has 0 bridgehead atoms. The number of rotatable bonds is 6. The zero-order chi connectivity index (χ0) is 20.1. The van der Waals surface area contributed by atoms with Crippen LogP contribution in [0.4, 0.5) is 9.18 Å². The number of alkyl halides is 1. The van der Waals surface area contributed by atoms with Crippen molar-refractivity contribution in [3.05, 3.63) is 29.8 Å². The van der Waals surface area contributed by atoms with Crippen molar-refractivity contribution in [1.29, 1.82) is 0 Å². The van der Waals surface area contributed by atoms with E-state index in [1.807, 2.05) is 0 Å². The summed E-state index contributed by atoms with van der Waals surface area (Å²) < 4.78 is 28.7. The molecule has 26 heavy (non-hydrogen) atoms. The lowest BCUT2D eigenvalue weighted by Crippen LogP contribution is -2.38. The summed E-state index contributed by atoms with van der Waals surface area (Å²) in [5, 5.41) is 8.76. The molecule has 0 aliphatic rings. The fourth-order valence-corrected chi connectivity index (χ4v) is 1.89. The number of esters is 1. The molecule has 0 aliphatic carbocycles. The highest BCUT2D eigenvalue weighted by Crippen LogP contribution is 2.19. The maximum absolute atomic E-state index is 13.7. The minimum atomic E-state index is -2.33. The molecule has 8 heteroatoms. The summed E-state index contributed by atoms with van der Waals surface area (Å²) in [6.07, 6.45) is -4.64. The number of halogens is 1. The molecule has 0 aromatic heterocycles. The number of benzene rings is 1. The van der Waals surface area contributed by atoms with Gasteiger partial charge in [0.15, 0.2) is 0 Å². The van der Waals surface area contributed by atoms with Crippen molar-refractivity contribution in [3.63, 3.8) is 0 Å². The Morgan fingerprint density at radius 1 is 1.08 bits per heavy atom. The molecule has 144 valence electrons. The topological polar surface area (TPSA) is 99.1 Å². The quantitative estimate of drug-likeness (QED) is 0.603. The summed E-state index contributed by atoms with van der Waals surface area (Å²) in [5.74, 6) is -2.96. The summed E-state index contributed by atoms with van der Waals surface area (Å²) in [4.78, 5) is 34.4. The second-order valence-corrected chi connectivity index (χ2v) is 6.94. The van der Waals surface area contributed by atoms with E-state index in [2.05, 4.69) is 0 Å². The Morgan fingerprint density at radius 2 is 1.62 bits per heavy atom. The Hall–Kier alpha value is -2.64. The van der Waals surface area contributed by atoms with Crippen molar-refractivity contribution >= 4 is 18.1 Å². The van der Waals surface area contributed by atoms with Crippen molar-refractivity contribution in [2.24, 2.45) is 5.92 Å². The Bertz CT molecular complexity index is 646. The van der Waals surface area contributed by atoms with Crippen LogP contribution in [0.2, 0.25) is 0 Å². The van der Waals surface area contributed by atoms with Crippen molar-refractivity contribution in [3.8, 4) is 5.75 Å². The van der Waals surface area contributed by atoms with E-state index < -0.39 is 41.9 Å². The summed E-state index contributed by atoms with van der Waals surface area (Å²) in [6.45, 7) is 8.16. The van der Waals surface area contributed by atoms with Gasteiger partial charge in [0.25, 0.3) is 0 Å². The first kappa shape index (κ1) is 21.4. The standard InChI is InChI=1S/C18H23FO7/c1-10(2)14(13(19)15(20)21)25-16(22)11-6-8-12(9-7-11)24-17(23)26-18(3,4)5/h6-10,13-14H,1-5H3,(H,20,21). The molecule has 0 aliphatic heterocycles. The molecule has 0 radical (unpaired) electrons. The molecule has 0 fully saturated rings. The van der Waals surface area contributed by atoms with Crippen molar-refractivity contribution < 1.29 is 38.1 Å². The van der Waals surface area contributed by atoms with Gasteiger partial charge in [-0.3, -0.25) is 0 Å². The average Bonchev–Trinajstić information content (AvgIpc) is 2.50. The van der Waals surface area contributed by atoms with Gasteiger partial charge in [-0.15, -0.1) is 0 Å². The third-order valence-electron chi connectivity index (χ3n) is 3.11. The second kappa shape index (κ2) is 8.64. The number of carbonyl (C=O) groups excluding carboxylic acids is 2. The molecule has 2 unspecified atom stereocenters. The molecular weight excluding hydrogens is 347 g/mol. The van der Waals surface area contributed by atoms with Gasteiger partial charge in [0.2, 0.25) is 6.17 Å². The van der Waals surface area contributed by atoms with E-state index in [9.17, 15) is 18.8 Å². The number of hydrogen-bond donors (Lipinski definition) is 1. The third kappa shape index (κ3) is 6.70. The van der Waals surface area contributed by atoms with Gasteiger partial charge in [0.05, 0.1) is 5.56 Å². The Kier molecular flexibility index (Phi) is 7.11. The van der Waals surface area contributed by atoms with Gasteiger partial charge < -0.3 is 19.3 Å². The zero-order valence-corrected chi connectivity index (χ0v) is 15.3. The van der Waals surface area contributed by atoms with Gasteiger partial charge in [0, 0.05) is 0 Å². The largest absolute Gasteiger partial charge is 0.514 e. The average molecular weight is 370 g/mol. The molecule has 0 saturated heterocycles. The first-order valence-electron chi connectivity index (χ1n) is 7.99. The Labute approximate surface area is 151 Å². The van der Waals surface area contributed by atoms with Crippen molar-refractivity contribution in [2.45, 2.75) is 52.5 Å².